The van der Waals surface area contributed by atoms with Crippen LogP contribution in [0.3, 0.4) is 0 Å². The Bertz CT molecular complexity index is 681. The van der Waals surface area contributed by atoms with Crippen LogP contribution in [-0.2, 0) is 14.3 Å². The van der Waals surface area contributed by atoms with Gasteiger partial charge in [-0.15, -0.1) is 0 Å². The third kappa shape index (κ3) is 4.25. The van der Waals surface area contributed by atoms with Crippen LogP contribution in [0, 0.1) is 0 Å². The molecule has 0 saturated carbocycles. The van der Waals surface area contributed by atoms with E-state index in [2.05, 4.69) is 9.47 Å². The van der Waals surface area contributed by atoms with Gasteiger partial charge in [0.25, 0.3) is 0 Å². The van der Waals surface area contributed by atoms with Crippen molar-refractivity contribution in [3.05, 3.63) is 0 Å². The number of ether oxygens (including phenoxy) is 2. The van der Waals surface area contributed by atoms with E-state index in [-0.39, 0.29) is 0 Å². The second-order valence-electron chi connectivity index (χ2n) is 5.55. The van der Waals surface area contributed by atoms with Gasteiger partial charge in [0, 0.05) is 0 Å². The zero-order valence-electron chi connectivity index (χ0n) is 14.6. The molecule has 0 radical (unpaired) electrons. The number of alkyl halides is 17. The van der Waals surface area contributed by atoms with Crippen LogP contribution in [0.25, 0.3) is 0 Å². The molecule has 0 fully saturated rings. The van der Waals surface area contributed by atoms with Crippen molar-refractivity contribution in [3.8, 4) is 0 Å². The zero-order valence-corrected chi connectivity index (χ0v) is 14.6. The Morgan fingerprint density at radius 2 is 0.875 bits per heavy atom. The molecule has 0 spiro atoms. The van der Waals surface area contributed by atoms with E-state index in [0.29, 0.717) is 0 Å². The molecule has 0 aromatic heterocycles. The Morgan fingerprint density at radius 3 is 1.19 bits per heavy atom. The fraction of sp³-hybridized carbons (Fsp3) is 0.917. The summed E-state index contributed by atoms with van der Waals surface area (Å²) in [7, 11) is 0. The first-order valence-corrected chi connectivity index (χ1v) is 7.21. The maximum absolute atomic E-state index is 13.3. The summed E-state index contributed by atoms with van der Waals surface area (Å²) in [4.78, 5) is 10.7. The molecule has 0 saturated heterocycles. The van der Waals surface area contributed by atoms with Gasteiger partial charge in [0.05, 0.1) is 6.61 Å². The third-order valence-electron chi connectivity index (χ3n) is 3.37. The largest absolute Gasteiger partial charge is 0.464 e. The summed E-state index contributed by atoms with van der Waals surface area (Å²) < 4.78 is 226. The molecule has 0 bridgehead atoms. The summed E-state index contributed by atoms with van der Waals surface area (Å²) in [6.45, 7) is -2.14. The minimum Gasteiger partial charge on any atom is -0.464 e. The zero-order chi connectivity index (χ0) is 26.4. The van der Waals surface area contributed by atoms with Gasteiger partial charge >= 0.3 is 53.8 Å². The summed E-state index contributed by atoms with van der Waals surface area (Å²) >= 11 is 0. The van der Waals surface area contributed by atoms with E-state index in [1.165, 1.54) is 0 Å². The SMILES string of the molecule is CCOC(=O)COC(F)(F)C(F)(F)C(F)(F)C(F)(F)C(F)(F)C(F)(F)C(F)(F)C(F)(F)F. The van der Waals surface area contributed by atoms with E-state index in [4.69, 9.17) is 0 Å². The van der Waals surface area contributed by atoms with Crippen molar-refractivity contribution in [2.45, 2.75) is 54.7 Å². The van der Waals surface area contributed by atoms with Crippen molar-refractivity contribution < 1.29 is 88.9 Å². The molecule has 0 rings (SSSR count). The first-order valence-electron chi connectivity index (χ1n) is 7.21. The number of carbonyl (C=O) groups is 1. The lowest BCUT2D eigenvalue weighted by atomic mass is 9.90. The molecule has 0 aliphatic carbocycles. The van der Waals surface area contributed by atoms with Crippen molar-refractivity contribution in [1.82, 2.24) is 0 Å². The van der Waals surface area contributed by atoms with E-state index < -0.39 is 67.0 Å². The highest BCUT2D eigenvalue weighted by atomic mass is 19.4. The van der Waals surface area contributed by atoms with Crippen LogP contribution < -0.4 is 0 Å². The fourth-order valence-corrected chi connectivity index (χ4v) is 1.59. The van der Waals surface area contributed by atoms with E-state index in [1.807, 2.05) is 0 Å². The van der Waals surface area contributed by atoms with Crippen molar-refractivity contribution in [2.75, 3.05) is 13.2 Å². The molecule has 0 unspecified atom stereocenters. The van der Waals surface area contributed by atoms with Gasteiger partial charge in [-0.05, 0) is 6.92 Å². The maximum Gasteiger partial charge on any atom is 0.460 e. The minimum absolute atomic E-state index is 0.674. The van der Waals surface area contributed by atoms with Gasteiger partial charge in [0.1, 0.15) is 0 Å². The molecule has 32 heavy (non-hydrogen) atoms. The van der Waals surface area contributed by atoms with Crippen LogP contribution in [0.4, 0.5) is 74.6 Å². The maximum atomic E-state index is 13.3. The van der Waals surface area contributed by atoms with Crippen LogP contribution in [0.1, 0.15) is 6.92 Å². The van der Waals surface area contributed by atoms with Gasteiger partial charge in [0.15, 0.2) is 6.61 Å². The second-order valence-corrected chi connectivity index (χ2v) is 5.55. The summed E-state index contributed by atoms with van der Waals surface area (Å²) in [5.41, 5.74) is 0. The van der Waals surface area contributed by atoms with E-state index in [1.54, 1.807) is 0 Å². The molecular weight excluding hydrogens is 515 g/mol. The number of carbonyl (C=O) groups excluding carboxylic acids is 1. The normalized spacial score (nSPS) is 15.7. The number of halogens is 17. The predicted molar refractivity (Wildman–Crippen MR) is 63.3 cm³/mol. The van der Waals surface area contributed by atoms with Crippen LogP contribution in [-0.4, -0.2) is 67.0 Å². The average Bonchev–Trinajstić information content (AvgIpc) is 2.58. The summed E-state index contributed by atoms with van der Waals surface area (Å²) in [5, 5.41) is 0. The molecular formula is C12H7F17O3. The lowest BCUT2D eigenvalue weighted by Gasteiger charge is -2.42. The standard InChI is InChI=1S/C12H7F17O3/c1-2-31-4(30)3-32-12(28,29)10(23,24)8(19,20)6(15,16)5(13,14)7(17,18)9(21,22)11(25,26)27/h2-3H2,1H3. The molecule has 3 nitrogen and oxygen atoms in total. The van der Waals surface area contributed by atoms with Crippen LogP contribution in [0.2, 0.25) is 0 Å². The highest BCUT2D eigenvalue weighted by Crippen LogP contribution is 2.63. The van der Waals surface area contributed by atoms with Gasteiger partial charge in [-0.1, -0.05) is 0 Å². The number of esters is 1. The molecule has 0 heterocycles. The Hall–Kier alpha value is -1.76. The summed E-state index contributed by atoms with van der Waals surface area (Å²) in [6.07, 6.45) is -14.9. The summed E-state index contributed by atoms with van der Waals surface area (Å²) in [5.74, 6) is -52.7. The first-order chi connectivity index (χ1) is 13.7. The fourth-order valence-electron chi connectivity index (χ4n) is 1.59. The molecule has 0 aromatic rings. The first kappa shape index (κ1) is 30.2. The van der Waals surface area contributed by atoms with E-state index in [9.17, 15) is 79.4 Å². The Labute approximate surface area is 164 Å². The van der Waals surface area contributed by atoms with Crippen LogP contribution in [0.15, 0.2) is 0 Å². The third-order valence-corrected chi connectivity index (χ3v) is 3.37. The lowest BCUT2D eigenvalue weighted by Crippen LogP contribution is -2.74. The van der Waals surface area contributed by atoms with E-state index >= 15 is 0 Å². The summed E-state index contributed by atoms with van der Waals surface area (Å²) in [6, 6.07) is 0. The van der Waals surface area contributed by atoms with Gasteiger partial charge < -0.3 is 9.47 Å². The van der Waals surface area contributed by atoms with Gasteiger partial charge in [-0.3, -0.25) is 0 Å². The van der Waals surface area contributed by atoms with Gasteiger partial charge in [-0.25, -0.2) is 4.79 Å². The predicted octanol–water partition coefficient (Wildman–Crippen LogP) is 5.53. The van der Waals surface area contributed by atoms with Crippen LogP contribution in [0.5, 0.6) is 0 Å². The van der Waals surface area contributed by atoms with Crippen molar-refractivity contribution in [1.29, 1.82) is 0 Å². The van der Waals surface area contributed by atoms with E-state index in [0.717, 1.165) is 6.92 Å². The highest BCUT2D eigenvalue weighted by molar-refractivity contribution is 5.70. The molecule has 0 atom stereocenters. The van der Waals surface area contributed by atoms with Crippen LogP contribution >= 0.6 is 0 Å². The average molecular weight is 522 g/mol. The smallest absolute Gasteiger partial charge is 0.460 e. The minimum atomic E-state index is -8.72. The molecule has 20 heteroatoms. The Kier molecular flexibility index (Phi) is 7.77. The van der Waals surface area contributed by atoms with Crippen molar-refractivity contribution in [2.24, 2.45) is 0 Å². The Morgan fingerprint density at radius 1 is 0.562 bits per heavy atom. The highest BCUT2D eigenvalue weighted by Gasteiger charge is 2.95. The molecule has 0 aliphatic rings. The van der Waals surface area contributed by atoms with Gasteiger partial charge in [0.2, 0.25) is 0 Å². The molecule has 0 aliphatic heterocycles. The number of rotatable bonds is 10. The lowest BCUT2D eigenvalue weighted by molar-refractivity contribution is -0.477. The van der Waals surface area contributed by atoms with Gasteiger partial charge in [-0.2, -0.15) is 74.6 Å². The molecule has 0 N–H and O–H groups in total. The second kappa shape index (κ2) is 8.23. The molecule has 0 aromatic carbocycles. The quantitative estimate of drug-likeness (QED) is 0.280. The van der Waals surface area contributed by atoms with Crippen molar-refractivity contribution >= 4 is 5.97 Å². The number of hydrogen-bond donors (Lipinski definition) is 0. The topological polar surface area (TPSA) is 35.5 Å². The van der Waals surface area contributed by atoms with Crippen molar-refractivity contribution in [3.63, 3.8) is 0 Å². The number of hydrogen-bond acceptors (Lipinski definition) is 3. The molecule has 192 valence electrons. The monoisotopic (exact) mass is 522 g/mol. The Balaban J connectivity index is 6.44. The molecule has 0 amide bonds.